The van der Waals surface area contributed by atoms with Gasteiger partial charge in [-0.1, -0.05) is 0 Å². The molecule has 1 aromatic heterocycles. The number of carbonyl (C=O) groups excluding carboxylic acids is 1. The van der Waals surface area contributed by atoms with Crippen LogP contribution in [0.15, 0.2) is 53.1 Å². The van der Waals surface area contributed by atoms with Gasteiger partial charge in [0.05, 0.1) is 17.6 Å². The van der Waals surface area contributed by atoms with Crippen molar-refractivity contribution in [1.82, 2.24) is 4.98 Å². The van der Waals surface area contributed by atoms with Gasteiger partial charge in [0, 0.05) is 24.1 Å². The average molecular weight is 431 g/mol. The zero-order chi connectivity index (χ0) is 21.7. The number of aromatic nitrogens is 1. The fraction of sp³-hybridized carbons (Fsp3) is 0.238. The first-order chi connectivity index (χ1) is 14.3. The average Bonchev–Trinajstić information content (AvgIpc) is 3.18. The number of carbonyl (C=O) groups is 1. The van der Waals surface area contributed by atoms with E-state index < -0.39 is 10.0 Å². The quantitative estimate of drug-likeness (QED) is 0.559. The van der Waals surface area contributed by atoms with Crippen molar-refractivity contribution >= 4 is 27.3 Å². The zero-order valence-corrected chi connectivity index (χ0v) is 17.4. The van der Waals surface area contributed by atoms with Crippen LogP contribution in [0.1, 0.15) is 24.8 Å². The molecule has 2 aromatic carbocycles. The number of rotatable bonds is 8. The highest BCUT2D eigenvalue weighted by Crippen LogP contribution is 2.22. The molecule has 158 valence electrons. The van der Waals surface area contributed by atoms with Gasteiger partial charge in [0.2, 0.25) is 15.9 Å². The maximum atomic E-state index is 13.0. The molecule has 2 N–H and O–H groups in total. The van der Waals surface area contributed by atoms with Crippen LogP contribution in [0, 0.1) is 12.7 Å². The zero-order valence-electron chi connectivity index (χ0n) is 16.6. The molecule has 3 rings (SSSR count). The maximum absolute atomic E-state index is 13.0. The first-order valence-corrected chi connectivity index (χ1v) is 11.0. The van der Waals surface area contributed by atoms with E-state index in [-0.39, 0.29) is 23.9 Å². The molecular formula is C21H22FN3O4S. The number of nitrogens with one attached hydrogen (secondary N) is 2. The van der Waals surface area contributed by atoms with E-state index in [1.54, 1.807) is 50.4 Å². The molecule has 0 aliphatic carbocycles. The van der Waals surface area contributed by atoms with Crippen molar-refractivity contribution in [3.63, 3.8) is 0 Å². The van der Waals surface area contributed by atoms with Crippen LogP contribution in [0.4, 0.5) is 15.8 Å². The highest BCUT2D eigenvalue weighted by molar-refractivity contribution is 7.92. The van der Waals surface area contributed by atoms with Crippen LogP contribution in [0.3, 0.4) is 0 Å². The van der Waals surface area contributed by atoms with Crippen molar-refractivity contribution in [2.75, 3.05) is 15.8 Å². The van der Waals surface area contributed by atoms with Gasteiger partial charge >= 0.3 is 0 Å². The van der Waals surface area contributed by atoms with Gasteiger partial charge in [0.25, 0.3) is 0 Å². The molecule has 0 aliphatic rings. The molecular weight excluding hydrogens is 409 g/mol. The van der Waals surface area contributed by atoms with E-state index in [0.29, 0.717) is 40.6 Å². The van der Waals surface area contributed by atoms with Crippen LogP contribution in [-0.4, -0.2) is 25.1 Å². The van der Waals surface area contributed by atoms with Crippen molar-refractivity contribution in [2.45, 2.75) is 26.7 Å². The van der Waals surface area contributed by atoms with Gasteiger partial charge in [-0.05, 0) is 61.9 Å². The van der Waals surface area contributed by atoms with Crippen LogP contribution in [0.25, 0.3) is 11.3 Å². The summed E-state index contributed by atoms with van der Waals surface area (Å²) in [5.41, 5.74) is 2.44. The van der Waals surface area contributed by atoms with E-state index in [0.717, 1.165) is 0 Å². The van der Waals surface area contributed by atoms with E-state index >= 15 is 0 Å². The van der Waals surface area contributed by atoms with Crippen molar-refractivity contribution in [2.24, 2.45) is 0 Å². The third-order valence-corrected chi connectivity index (χ3v) is 5.69. The Labute approximate surface area is 174 Å². The minimum Gasteiger partial charge on any atom is -0.441 e. The molecule has 0 spiro atoms. The highest BCUT2D eigenvalue weighted by Gasteiger charge is 2.12. The SMILES string of the molecule is CCS(=O)(=O)Nc1ccc(NC(=O)CCc2ncc(-c3ccc(F)cc3)o2)cc1C. The number of aryl methyl sites for hydroxylation is 2. The normalized spacial score (nSPS) is 11.3. The Bertz CT molecular complexity index is 1140. The second kappa shape index (κ2) is 9.08. The lowest BCUT2D eigenvalue weighted by atomic mass is 10.2. The van der Waals surface area contributed by atoms with Crippen molar-refractivity contribution in [3.05, 3.63) is 65.9 Å². The van der Waals surface area contributed by atoms with Crippen molar-refractivity contribution in [1.29, 1.82) is 0 Å². The lowest BCUT2D eigenvalue weighted by molar-refractivity contribution is -0.116. The molecule has 0 unspecified atom stereocenters. The number of sulfonamides is 1. The largest absolute Gasteiger partial charge is 0.441 e. The highest BCUT2D eigenvalue weighted by atomic mass is 32.2. The fourth-order valence-electron chi connectivity index (χ4n) is 2.71. The number of benzene rings is 2. The number of amides is 1. The summed E-state index contributed by atoms with van der Waals surface area (Å²) in [4.78, 5) is 16.4. The van der Waals surface area contributed by atoms with Crippen molar-refractivity contribution in [3.8, 4) is 11.3 Å². The molecule has 3 aromatic rings. The first kappa shape index (κ1) is 21.5. The molecule has 7 nitrogen and oxygen atoms in total. The number of hydrogen-bond donors (Lipinski definition) is 2. The van der Waals surface area contributed by atoms with E-state index in [1.165, 1.54) is 12.1 Å². The van der Waals surface area contributed by atoms with Crippen LogP contribution >= 0.6 is 0 Å². The van der Waals surface area contributed by atoms with E-state index in [9.17, 15) is 17.6 Å². The smallest absolute Gasteiger partial charge is 0.232 e. The van der Waals surface area contributed by atoms with Crippen LogP contribution < -0.4 is 10.0 Å². The van der Waals surface area contributed by atoms with Gasteiger partial charge in [0.15, 0.2) is 11.7 Å². The van der Waals surface area contributed by atoms with Crippen LogP contribution in [-0.2, 0) is 21.2 Å². The Morgan fingerprint density at radius 1 is 1.17 bits per heavy atom. The van der Waals surface area contributed by atoms with E-state index in [4.69, 9.17) is 4.42 Å². The van der Waals surface area contributed by atoms with Crippen LogP contribution in [0.5, 0.6) is 0 Å². The Balaban J connectivity index is 1.56. The summed E-state index contributed by atoms with van der Waals surface area (Å²) in [6, 6.07) is 10.8. The van der Waals surface area contributed by atoms with Gasteiger partial charge in [-0.15, -0.1) is 0 Å². The van der Waals surface area contributed by atoms with E-state index in [2.05, 4.69) is 15.0 Å². The maximum Gasteiger partial charge on any atom is 0.232 e. The first-order valence-electron chi connectivity index (χ1n) is 9.37. The summed E-state index contributed by atoms with van der Waals surface area (Å²) in [7, 11) is -3.36. The Morgan fingerprint density at radius 3 is 2.57 bits per heavy atom. The molecule has 0 saturated heterocycles. The standard InChI is InChI=1S/C21H22FN3O4S/c1-3-30(27,28)25-18-9-8-17(12-14(18)2)24-20(26)10-11-21-23-13-19(29-21)15-4-6-16(22)7-5-15/h4-9,12-13,25H,3,10-11H2,1-2H3,(H,24,26). The summed E-state index contributed by atoms with van der Waals surface area (Å²) in [6.45, 7) is 3.32. The summed E-state index contributed by atoms with van der Waals surface area (Å²) < 4.78 is 44.5. The Kier molecular flexibility index (Phi) is 6.51. The summed E-state index contributed by atoms with van der Waals surface area (Å²) in [6.07, 6.45) is 2.01. The van der Waals surface area contributed by atoms with Crippen molar-refractivity contribution < 1.29 is 22.0 Å². The Morgan fingerprint density at radius 2 is 1.90 bits per heavy atom. The molecule has 0 radical (unpaired) electrons. The molecule has 0 fully saturated rings. The molecule has 0 aliphatic heterocycles. The minimum atomic E-state index is -3.36. The van der Waals surface area contributed by atoms with Gasteiger partial charge < -0.3 is 9.73 Å². The summed E-state index contributed by atoms with van der Waals surface area (Å²) in [5, 5.41) is 2.77. The molecule has 0 bridgehead atoms. The lowest BCUT2D eigenvalue weighted by Gasteiger charge is -2.11. The predicted molar refractivity (Wildman–Crippen MR) is 113 cm³/mol. The number of oxazole rings is 1. The third kappa shape index (κ3) is 5.66. The molecule has 30 heavy (non-hydrogen) atoms. The monoisotopic (exact) mass is 431 g/mol. The lowest BCUT2D eigenvalue weighted by Crippen LogP contribution is -2.16. The number of halogens is 1. The van der Waals surface area contributed by atoms with Gasteiger partial charge in [-0.3, -0.25) is 9.52 Å². The molecule has 9 heteroatoms. The fourth-order valence-corrected chi connectivity index (χ4v) is 3.42. The van der Waals surface area contributed by atoms with Gasteiger partial charge in [-0.2, -0.15) is 0 Å². The molecule has 1 heterocycles. The summed E-state index contributed by atoms with van der Waals surface area (Å²) in [5.74, 6) is 0.337. The number of nitrogens with zero attached hydrogens (tertiary/aromatic N) is 1. The van der Waals surface area contributed by atoms with Gasteiger partial charge in [0.1, 0.15) is 5.82 Å². The minimum absolute atomic E-state index is 0.0192. The predicted octanol–water partition coefficient (Wildman–Crippen LogP) is 4.12. The van der Waals surface area contributed by atoms with E-state index in [1.807, 2.05) is 0 Å². The third-order valence-electron chi connectivity index (χ3n) is 4.40. The summed E-state index contributed by atoms with van der Waals surface area (Å²) >= 11 is 0. The Hall–Kier alpha value is -3.20. The number of anilines is 2. The second-order valence-electron chi connectivity index (χ2n) is 6.71. The van der Waals surface area contributed by atoms with Gasteiger partial charge in [-0.25, -0.2) is 17.8 Å². The number of hydrogen-bond acceptors (Lipinski definition) is 5. The molecule has 0 saturated carbocycles. The molecule has 0 atom stereocenters. The van der Waals surface area contributed by atoms with Crippen LogP contribution in [0.2, 0.25) is 0 Å². The second-order valence-corrected chi connectivity index (χ2v) is 8.72. The molecule has 1 amide bonds. The topological polar surface area (TPSA) is 101 Å².